The van der Waals surface area contributed by atoms with E-state index in [0.29, 0.717) is 18.5 Å². The molecule has 1 atom stereocenters. The van der Waals surface area contributed by atoms with Crippen molar-refractivity contribution in [3.8, 4) is 0 Å². The molecule has 1 aliphatic heterocycles. The number of rotatable bonds is 4. The molecule has 4 nitrogen and oxygen atoms in total. The van der Waals surface area contributed by atoms with Gasteiger partial charge in [-0.1, -0.05) is 35.5 Å². The molecule has 0 radical (unpaired) electrons. The summed E-state index contributed by atoms with van der Waals surface area (Å²) < 4.78 is 12.8. The van der Waals surface area contributed by atoms with Gasteiger partial charge in [-0.3, -0.25) is 4.79 Å². The molecule has 1 unspecified atom stereocenters. The third kappa shape index (κ3) is 3.49. The van der Waals surface area contributed by atoms with Crippen molar-refractivity contribution in [3.05, 3.63) is 66.0 Å². The molecule has 0 bridgehead atoms. The summed E-state index contributed by atoms with van der Waals surface area (Å²) in [6.07, 6.45) is 0.493. The number of carbonyl (C=O) groups excluding carboxylic acids is 1. The highest BCUT2D eigenvalue weighted by Gasteiger charge is 2.28. The van der Waals surface area contributed by atoms with Crippen LogP contribution in [0.4, 0.5) is 10.1 Å². The topological polar surface area (TPSA) is 50.7 Å². The van der Waals surface area contributed by atoms with Crippen molar-refractivity contribution >= 4 is 17.3 Å². The van der Waals surface area contributed by atoms with Crippen molar-refractivity contribution in [3.63, 3.8) is 0 Å². The van der Waals surface area contributed by atoms with E-state index in [1.54, 1.807) is 0 Å². The van der Waals surface area contributed by atoms with E-state index in [1.165, 1.54) is 24.3 Å². The zero-order chi connectivity index (χ0) is 15.4. The summed E-state index contributed by atoms with van der Waals surface area (Å²) in [5, 5.41) is 6.68. The Morgan fingerprint density at radius 1 is 1.18 bits per heavy atom. The first-order chi connectivity index (χ1) is 10.7. The molecule has 0 aromatic heterocycles. The normalized spacial score (nSPS) is 16.8. The number of hydrogen-bond acceptors (Lipinski definition) is 3. The van der Waals surface area contributed by atoms with Gasteiger partial charge in [0.15, 0.2) is 0 Å². The number of halogens is 1. The molecule has 2 aromatic carbocycles. The fourth-order valence-electron chi connectivity index (χ4n) is 2.26. The van der Waals surface area contributed by atoms with Crippen LogP contribution in [0.2, 0.25) is 0 Å². The van der Waals surface area contributed by atoms with Crippen LogP contribution in [0, 0.1) is 5.82 Å². The predicted octanol–water partition coefficient (Wildman–Crippen LogP) is 3.15. The Balaban J connectivity index is 1.55. The standard InChI is InChI=1S/C17H15FN2O2/c18-13-6-8-14(9-7-13)19-17(21)16-11-15(20-22-16)10-12-4-2-1-3-5-12/h1-9,16H,10-11H2,(H,19,21). The van der Waals surface area contributed by atoms with Gasteiger partial charge in [0.25, 0.3) is 5.91 Å². The Bertz CT molecular complexity index is 684. The quantitative estimate of drug-likeness (QED) is 0.942. The van der Waals surface area contributed by atoms with E-state index in [2.05, 4.69) is 10.5 Å². The molecule has 3 rings (SSSR count). The highest BCUT2D eigenvalue weighted by molar-refractivity contribution is 5.99. The van der Waals surface area contributed by atoms with E-state index in [0.717, 1.165) is 11.3 Å². The monoisotopic (exact) mass is 298 g/mol. The zero-order valence-corrected chi connectivity index (χ0v) is 11.8. The Kier molecular flexibility index (Phi) is 4.14. The number of nitrogens with one attached hydrogen (secondary N) is 1. The van der Waals surface area contributed by atoms with Crippen LogP contribution in [0.1, 0.15) is 12.0 Å². The SMILES string of the molecule is O=C(Nc1ccc(F)cc1)C1CC(Cc2ccccc2)=NO1. The van der Waals surface area contributed by atoms with Crippen molar-refractivity contribution in [1.82, 2.24) is 0 Å². The fourth-order valence-corrected chi connectivity index (χ4v) is 2.26. The molecule has 1 aliphatic rings. The van der Waals surface area contributed by atoms with Gasteiger partial charge >= 0.3 is 0 Å². The number of hydrogen-bond donors (Lipinski definition) is 1. The molecule has 22 heavy (non-hydrogen) atoms. The van der Waals surface area contributed by atoms with Gasteiger partial charge in [-0.25, -0.2) is 4.39 Å². The van der Waals surface area contributed by atoms with E-state index in [-0.39, 0.29) is 11.7 Å². The van der Waals surface area contributed by atoms with Gasteiger partial charge in [0.2, 0.25) is 6.10 Å². The minimum Gasteiger partial charge on any atom is -0.382 e. The number of carbonyl (C=O) groups is 1. The average Bonchev–Trinajstić information content (AvgIpc) is 2.99. The van der Waals surface area contributed by atoms with Crippen LogP contribution in [0.3, 0.4) is 0 Å². The molecule has 0 spiro atoms. The zero-order valence-electron chi connectivity index (χ0n) is 11.8. The maximum atomic E-state index is 12.8. The Hall–Kier alpha value is -2.69. The maximum absolute atomic E-state index is 12.8. The van der Waals surface area contributed by atoms with E-state index in [1.807, 2.05) is 30.3 Å². The lowest BCUT2D eigenvalue weighted by molar-refractivity contribution is -0.125. The molecule has 1 amide bonds. The number of benzene rings is 2. The third-order valence-electron chi connectivity index (χ3n) is 3.39. The van der Waals surface area contributed by atoms with Crippen molar-refractivity contribution < 1.29 is 14.0 Å². The smallest absolute Gasteiger partial charge is 0.268 e. The van der Waals surface area contributed by atoms with Gasteiger partial charge < -0.3 is 10.2 Å². The molecule has 0 fully saturated rings. The van der Waals surface area contributed by atoms with Crippen LogP contribution < -0.4 is 5.32 Å². The van der Waals surface area contributed by atoms with E-state index >= 15 is 0 Å². The van der Waals surface area contributed by atoms with Crippen LogP contribution in [0.5, 0.6) is 0 Å². The number of amides is 1. The third-order valence-corrected chi connectivity index (χ3v) is 3.39. The molecular weight excluding hydrogens is 283 g/mol. The molecule has 5 heteroatoms. The lowest BCUT2D eigenvalue weighted by Gasteiger charge is -2.09. The van der Waals surface area contributed by atoms with E-state index < -0.39 is 6.10 Å². The minimum absolute atomic E-state index is 0.279. The van der Waals surface area contributed by atoms with Crippen LogP contribution in [0.25, 0.3) is 0 Å². The summed E-state index contributed by atoms with van der Waals surface area (Å²) in [5.74, 6) is -0.623. The molecule has 0 saturated carbocycles. The van der Waals surface area contributed by atoms with Crippen LogP contribution in [0.15, 0.2) is 59.8 Å². The Morgan fingerprint density at radius 2 is 1.91 bits per heavy atom. The maximum Gasteiger partial charge on any atom is 0.268 e. The molecule has 112 valence electrons. The van der Waals surface area contributed by atoms with Crippen molar-refractivity contribution in [2.45, 2.75) is 18.9 Å². The first-order valence-electron chi connectivity index (χ1n) is 7.02. The van der Waals surface area contributed by atoms with Gasteiger partial charge in [-0.05, 0) is 29.8 Å². The molecular formula is C17H15FN2O2. The lowest BCUT2D eigenvalue weighted by atomic mass is 10.0. The molecule has 2 aromatic rings. The van der Waals surface area contributed by atoms with Crippen molar-refractivity contribution in [2.75, 3.05) is 5.32 Å². The first kappa shape index (κ1) is 14.3. The summed E-state index contributed by atoms with van der Waals surface area (Å²) in [7, 11) is 0. The van der Waals surface area contributed by atoms with Crippen LogP contribution in [-0.2, 0) is 16.1 Å². The second kappa shape index (κ2) is 6.39. The van der Waals surface area contributed by atoms with Gasteiger partial charge in [0, 0.05) is 18.5 Å². The number of nitrogens with zero attached hydrogens (tertiary/aromatic N) is 1. The highest BCUT2D eigenvalue weighted by atomic mass is 19.1. The van der Waals surface area contributed by atoms with Gasteiger partial charge in [-0.2, -0.15) is 0 Å². The highest BCUT2D eigenvalue weighted by Crippen LogP contribution is 2.17. The summed E-state index contributed by atoms with van der Waals surface area (Å²) in [4.78, 5) is 17.3. The van der Waals surface area contributed by atoms with Crippen LogP contribution >= 0.6 is 0 Å². The number of oxime groups is 1. The van der Waals surface area contributed by atoms with Crippen molar-refractivity contribution in [2.24, 2.45) is 5.16 Å². The van der Waals surface area contributed by atoms with Crippen LogP contribution in [-0.4, -0.2) is 17.7 Å². The number of anilines is 1. The summed E-state index contributed by atoms with van der Waals surface area (Å²) in [6, 6.07) is 15.5. The minimum atomic E-state index is -0.635. The van der Waals surface area contributed by atoms with E-state index in [4.69, 9.17) is 4.84 Å². The Morgan fingerprint density at radius 3 is 2.64 bits per heavy atom. The van der Waals surface area contributed by atoms with Gasteiger partial charge in [0.1, 0.15) is 5.82 Å². The molecule has 0 aliphatic carbocycles. The van der Waals surface area contributed by atoms with Gasteiger partial charge in [0.05, 0.1) is 5.71 Å². The molecule has 1 heterocycles. The van der Waals surface area contributed by atoms with Crippen molar-refractivity contribution in [1.29, 1.82) is 0 Å². The lowest BCUT2D eigenvalue weighted by Crippen LogP contribution is -2.28. The predicted molar refractivity (Wildman–Crippen MR) is 82.1 cm³/mol. The second-order valence-electron chi connectivity index (χ2n) is 5.11. The second-order valence-corrected chi connectivity index (χ2v) is 5.11. The average molecular weight is 298 g/mol. The summed E-state index contributed by atoms with van der Waals surface area (Å²) >= 11 is 0. The molecule has 0 saturated heterocycles. The molecule has 1 N–H and O–H groups in total. The summed E-state index contributed by atoms with van der Waals surface area (Å²) in [6.45, 7) is 0. The van der Waals surface area contributed by atoms with E-state index in [9.17, 15) is 9.18 Å². The largest absolute Gasteiger partial charge is 0.382 e. The summed E-state index contributed by atoms with van der Waals surface area (Å²) in [5.41, 5.74) is 2.50. The fraction of sp³-hybridized carbons (Fsp3) is 0.176. The Labute approximate surface area is 127 Å². The first-order valence-corrected chi connectivity index (χ1v) is 7.02. The van der Waals surface area contributed by atoms with Gasteiger partial charge in [-0.15, -0.1) is 0 Å².